The summed E-state index contributed by atoms with van der Waals surface area (Å²) in [5, 5.41) is 0. The fourth-order valence-electron chi connectivity index (χ4n) is 2.66. The predicted molar refractivity (Wildman–Crippen MR) is 73.2 cm³/mol. The minimum Gasteiger partial charge on any atom is -0.378 e. The number of ether oxygens (including phenoxy) is 1. The molecule has 1 fully saturated rings. The molecule has 3 nitrogen and oxygen atoms in total. The van der Waals surface area contributed by atoms with E-state index in [0.29, 0.717) is 0 Å². The molecular weight excluding hydrogens is 212 g/mol. The molecule has 2 N–H and O–H groups in total. The highest BCUT2D eigenvalue weighted by atomic mass is 16.5. The zero-order chi connectivity index (χ0) is 12.7. The minimum absolute atomic E-state index is 0.216. The van der Waals surface area contributed by atoms with Gasteiger partial charge in [-0.05, 0) is 52.1 Å². The first-order chi connectivity index (χ1) is 8.10. The van der Waals surface area contributed by atoms with Crippen LogP contribution in [0.2, 0.25) is 0 Å². The second-order valence-electron chi connectivity index (χ2n) is 5.85. The van der Waals surface area contributed by atoms with Crippen molar-refractivity contribution in [3.05, 3.63) is 0 Å². The van der Waals surface area contributed by atoms with Gasteiger partial charge in [-0.15, -0.1) is 0 Å². The molecule has 0 aromatic heterocycles. The molecular formula is C14H30N2O. The van der Waals surface area contributed by atoms with E-state index in [1.807, 2.05) is 0 Å². The molecule has 0 radical (unpaired) electrons. The lowest BCUT2D eigenvalue weighted by Gasteiger charge is -2.42. The molecule has 17 heavy (non-hydrogen) atoms. The van der Waals surface area contributed by atoms with E-state index in [1.165, 1.54) is 32.2 Å². The van der Waals surface area contributed by atoms with Gasteiger partial charge in [0.1, 0.15) is 0 Å². The van der Waals surface area contributed by atoms with E-state index < -0.39 is 0 Å². The van der Waals surface area contributed by atoms with E-state index in [2.05, 4.69) is 25.7 Å². The van der Waals surface area contributed by atoms with Gasteiger partial charge in [-0.3, -0.25) is 4.90 Å². The summed E-state index contributed by atoms with van der Waals surface area (Å²) in [4.78, 5) is 2.58. The van der Waals surface area contributed by atoms with Crippen LogP contribution in [-0.2, 0) is 4.74 Å². The van der Waals surface area contributed by atoms with Gasteiger partial charge in [0.2, 0.25) is 0 Å². The van der Waals surface area contributed by atoms with Gasteiger partial charge in [0.15, 0.2) is 0 Å². The molecule has 0 bridgehead atoms. The standard InChI is InChI=1S/C14H30N2O/c1-4-13(7-8-15)6-5-9-16-10-11-17-12-14(16,2)3/h13H,4-12,15H2,1-3H3. The molecule has 1 saturated heterocycles. The van der Waals surface area contributed by atoms with E-state index >= 15 is 0 Å². The number of hydrogen-bond acceptors (Lipinski definition) is 3. The summed E-state index contributed by atoms with van der Waals surface area (Å²) in [5.74, 6) is 0.823. The van der Waals surface area contributed by atoms with Gasteiger partial charge >= 0.3 is 0 Å². The van der Waals surface area contributed by atoms with E-state index in [4.69, 9.17) is 10.5 Å². The minimum atomic E-state index is 0.216. The first-order valence-corrected chi connectivity index (χ1v) is 7.13. The van der Waals surface area contributed by atoms with Crippen LogP contribution >= 0.6 is 0 Å². The first-order valence-electron chi connectivity index (χ1n) is 7.13. The molecule has 3 heteroatoms. The Morgan fingerprint density at radius 3 is 2.71 bits per heavy atom. The summed E-state index contributed by atoms with van der Waals surface area (Å²) in [6.45, 7) is 11.7. The molecule has 1 unspecified atom stereocenters. The van der Waals surface area contributed by atoms with E-state index in [9.17, 15) is 0 Å². The number of nitrogens with zero attached hydrogens (tertiary/aromatic N) is 1. The smallest absolute Gasteiger partial charge is 0.0645 e. The van der Waals surface area contributed by atoms with Crippen molar-refractivity contribution in [1.29, 1.82) is 0 Å². The maximum Gasteiger partial charge on any atom is 0.0645 e. The number of morpholine rings is 1. The third kappa shape index (κ3) is 4.94. The van der Waals surface area contributed by atoms with Crippen LogP contribution < -0.4 is 5.73 Å². The molecule has 0 amide bonds. The quantitative estimate of drug-likeness (QED) is 0.744. The van der Waals surface area contributed by atoms with E-state index in [1.54, 1.807) is 0 Å². The van der Waals surface area contributed by atoms with Gasteiger partial charge in [-0.25, -0.2) is 0 Å². The molecule has 1 heterocycles. The average molecular weight is 242 g/mol. The third-order valence-corrected chi connectivity index (χ3v) is 4.01. The Kier molecular flexibility index (Phi) is 6.45. The second kappa shape index (κ2) is 7.34. The molecule has 0 spiro atoms. The summed E-state index contributed by atoms with van der Waals surface area (Å²) < 4.78 is 5.54. The van der Waals surface area contributed by atoms with Crippen LogP contribution in [0.1, 0.15) is 46.5 Å². The SMILES string of the molecule is CCC(CCN)CCCN1CCOCC1(C)C. The van der Waals surface area contributed by atoms with Crippen molar-refractivity contribution in [1.82, 2.24) is 4.90 Å². The Morgan fingerprint density at radius 1 is 1.35 bits per heavy atom. The highest BCUT2D eigenvalue weighted by molar-refractivity contribution is 4.84. The average Bonchev–Trinajstić information content (AvgIpc) is 2.29. The van der Waals surface area contributed by atoms with Crippen LogP contribution in [0.3, 0.4) is 0 Å². The predicted octanol–water partition coefficient (Wildman–Crippen LogP) is 2.25. The van der Waals surface area contributed by atoms with Crippen LogP contribution in [0.4, 0.5) is 0 Å². The lowest BCUT2D eigenvalue weighted by atomic mass is 9.95. The van der Waals surface area contributed by atoms with Crippen molar-refractivity contribution < 1.29 is 4.74 Å². The molecule has 1 rings (SSSR count). The lowest BCUT2D eigenvalue weighted by molar-refractivity contribution is -0.0517. The molecule has 1 atom stereocenters. The maximum absolute atomic E-state index is 5.64. The molecule has 0 aliphatic carbocycles. The fourth-order valence-corrected chi connectivity index (χ4v) is 2.66. The fraction of sp³-hybridized carbons (Fsp3) is 1.00. The van der Waals surface area contributed by atoms with Gasteiger partial charge in [0.25, 0.3) is 0 Å². The van der Waals surface area contributed by atoms with Gasteiger partial charge in [0.05, 0.1) is 13.2 Å². The summed E-state index contributed by atoms with van der Waals surface area (Å²) in [7, 11) is 0. The lowest BCUT2D eigenvalue weighted by Crippen LogP contribution is -2.53. The van der Waals surface area contributed by atoms with Gasteiger partial charge in [-0.2, -0.15) is 0 Å². The van der Waals surface area contributed by atoms with Crippen LogP contribution in [0.15, 0.2) is 0 Å². The number of nitrogens with two attached hydrogens (primary N) is 1. The van der Waals surface area contributed by atoms with Gasteiger partial charge in [-0.1, -0.05) is 13.3 Å². The third-order valence-electron chi connectivity index (χ3n) is 4.01. The Balaban J connectivity index is 2.24. The Morgan fingerprint density at radius 2 is 2.12 bits per heavy atom. The Bertz CT molecular complexity index is 206. The monoisotopic (exact) mass is 242 g/mol. The van der Waals surface area contributed by atoms with Crippen molar-refractivity contribution >= 4 is 0 Å². The van der Waals surface area contributed by atoms with Crippen molar-refractivity contribution in [2.24, 2.45) is 11.7 Å². The topological polar surface area (TPSA) is 38.5 Å². The van der Waals surface area contributed by atoms with Gasteiger partial charge < -0.3 is 10.5 Å². The Labute approximate surface area is 107 Å². The highest BCUT2D eigenvalue weighted by Gasteiger charge is 2.29. The van der Waals surface area contributed by atoms with Crippen molar-refractivity contribution in [2.45, 2.75) is 52.0 Å². The summed E-state index contributed by atoms with van der Waals surface area (Å²) in [5.41, 5.74) is 5.85. The normalized spacial score (nSPS) is 22.6. The zero-order valence-corrected chi connectivity index (χ0v) is 11.9. The van der Waals surface area contributed by atoms with Crippen molar-refractivity contribution in [3.63, 3.8) is 0 Å². The molecule has 1 aliphatic rings. The van der Waals surface area contributed by atoms with Crippen LogP contribution in [0, 0.1) is 5.92 Å². The zero-order valence-electron chi connectivity index (χ0n) is 11.9. The molecule has 0 aromatic rings. The van der Waals surface area contributed by atoms with Crippen molar-refractivity contribution in [2.75, 3.05) is 32.8 Å². The maximum atomic E-state index is 5.64. The number of rotatable bonds is 7. The largest absolute Gasteiger partial charge is 0.378 e. The van der Waals surface area contributed by atoms with Crippen molar-refractivity contribution in [3.8, 4) is 0 Å². The first kappa shape index (κ1) is 14.9. The summed E-state index contributed by atoms with van der Waals surface area (Å²) in [6.07, 6.45) is 5.07. The molecule has 0 aromatic carbocycles. The van der Waals surface area contributed by atoms with Crippen LogP contribution in [0.5, 0.6) is 0 Å². The van der Waals surface area contributed by atoms with E-state index in [0.717, 1.165) is 32.2 Å². The molecule has 102 valence electrons. The van der Waals surface area contributed by atoms with Crippen LogP contribution in [0.25, 0.3) is 0 Å². The molecule has 0 saturated carbocycles. The highest BCUT2D eigenvalue weighted by Crippen LogP contribution is 2.21. The van der Waals surface area contributed by atoms with Gasteiger partial charge in [0, 0.05) is 12.1 Å². The summed E-state index contributed by atoms with van der Waals surface area (Å²) >= 11 is 0. The van der Waals surface area contributed by atoms with E-state index in [-0.39, 0.29) is 5.54 Å². The molecule has 1 aliphatic heterocycles. The number of hydrogen-bond donors (Lipinski definition) is 1. The Hall–Kier alpha value is -0.120. The summed E-state index contributed by atoms with van der Waals surface area (Å²) in [6, 6.07) is 0. The van der Waals surface area contributed by atoms with Crippen LogP contribution in [-0.4, -0.2) is 43.3 Å². The second-order valence-corrected chi connectivity index (χ2v) is 5.85.